The minimum atomic E-state index is -0.981. The van der Waals surface area contributed by atoms with Crippen LogP contribution < -0.4 is 0 Å². The van der Waals surface area contributed by atoms with Crippen molar-refractivity contribution in [3.05, 3.63) is 38.0 Å². The highest BCUT2D eigenvalue weighted by Gasteiger charge is 2.34. The second-order valence-electron chi connectivity index (χ2n) is 8.10. The van der Waals surface area contributed by atoms with Crippen molar-refractivity contribution in [3.8, 4) is 0 Å². The van der Waals surface area contributed by atoms with Gasteiger partial charge in [-0.1, -0.05) is 79.0 Å². The number of carboxylic acids is 3. The summed E-state index contributed by atoms with van der Waals surface area (Å²) in [7, 11) is 0. The lowest BCUT2D eigenvalue weighted by atomic mass is 9.75. The molecular weight excluding hydrogens is 444 g/mol. The number of aliphatic hydroxyl groups excluding tert-OH is 3. The summed E-state index contributed by atoms with van der Waals surface area (Å²) >= 11 is 0. The molecule has 34 heavy (non-hydrogen) atoms. The molecule has 9 heteroatoms. The number of carbonyl (C=O) groups is 3. The first-order valence-corrected chi connectivity index (χ1v) is 11.2. The molecule has 0 fully saturated rings. The zero-order valence-corrected chi connectivity index (χ0v) is 21.0. The van der Waals surface area contributed by atoms with Gasteiger partial charge in [0.1, 0.15) is 0 Å². The monoisotopic (exact) mass is 490 g/mol. The second-order valence-corrected chi connectivity index (χ2v) is 8.10. The molecule has 0 rings (SSSR count). The van der Waals surface area contributed by atoms with Crippen LogP contribution in [0.1, 0.15) is 65.7 Å². The Labute approximate surface area is 204 Å². The van der Waals surface area contributed by atoms with Crippen molar-refractivity contribution in [2.45, 2.75) is 65.7 Å². The van der Waals surface area contributed by atoms with E-state index in [-0.39, 0.29) is 25.7 Å². The first-order chi connectivity index (χ1) is 15.8. The van der Waals surface area contributed by atoms with Gasteiger partial charge in [-0.3, -0.25) is 0 Å². The van der Waals surface area contributed by atoms with Crippen LogP contribution in [0.3, 0.4) is 0 Å². The predicted molar refractivity (Wildman–Crippen MR) is 134 cm³/mol. The highest BCUT2D eigenvalue weighted by atomic mass is 16.4. The van der Waals surface area contributed by atoms with Crippen LogP contribution in [0.5, 0.6) is 0 Å². The fourth-order valence-corrected chi connectivity index (χ4v) is 2.46. The Hall–Kier alpha value is -2.49. The van der Waals surface area contributed by atoms with Crippen LogP contribution in [-0.4, -0.2) is 68.4 Å². The van der Waals surface area contributed by atoms with Crippen molar-refractivity contribution in [1.82, 2.24) is 0 Å². The topological polar surface area (TPSA) is 173 Å². The molecule has 200 valence electrons. The van der Waals surface area contributed by atoms with Crippen LogP contribution in [0.2, 0.25) is 0 Å². The Balaban J connectivity index is -0.000000242. The van der Waals surface area contributed by atoms with Crippen LogP contribution in [0, 0.1) is 17.3 Å². The van der Waals surface area contributed by atoms with Crippen molar-refractivity contribution in [2.75, 3.05) is 19.8 Å². The number of unbranched alkanes of at least 4 members (excludes halogenated alkanes) is 4. The van der Waals surface area contributed by atoms with Crippen molar-refractivity contribution in [3.63, 3.8) is 0 Å². The predicted octanol–water partition coefficient (Wildman–Crippen LogP) is 3.74. The highest BCUT2D eigenvalue weighted by molar-refractivity contribution is 5.79. The number of hydrogen-bond donors (Lipinski definition) is 6. The lowest BCUT2D eigenvalue weighted by Crippen LogP contribution is -2.40. The average Bonchev–Trinajstić information content (AvgIpc) is 2.80. The van der Waals surface area contributed by atoms with E-state index >= 15 is 0 Å². The minimum absolute atomic E-state index is 0.143. The number of carboxylic acid groups (broad SMARTS) is 3. The standard InChI is InChI=1S/C16H34O3.3C3H4O2/c1-14(2)9-7-5-4-6-8-10-15(3)16(11-17,12-18)13-19;3*1-2-3(4)5/h14-15,17-19H,4-13H2,1-3H3;3*2H,1H2,(H,4,5). The summed E-state index contributed by atoms with van der Waals surface area (Å²) in [5.41, 5.74) is -0.711. The summed E-state index contributed by atoms with van der Waals surface area (Å²) in [5, 5.41) is 50.9. The third-order valence-corrected chi connectivity index (χ3v) is 4.93. The molecule has 0 aliphatic carbocycles. The quantitative estimate of drug-likeness (QED) is 0.148. The van der Waals surface area contributed by atoms with E-state index in [9.17, 15) is 29.7 Å². The first-order valence-electron chi connectivity index (χ1n) is 11.2. The fraction of sp³-hybridized carbons (Fsp3) is 0.640. The zero-order chi connectivity index (χ0) is 27.6. The number of rotatable bonds is 15. The Kier molecular flexibility index (Phi) is 30.5. The van der Waals surface area contributed by atoms with E-state index in [2.05, 4.69) is 33.6 Å². The molecule has 1 unspecified atom stereocenters. The lowest BCUT2D eigenvalue weighted by Gasteiger charge is -2.34. The third-order valence-electron chi connectivity index (χ3n) is 4.93. The molecule has 0 radical (unpaired) electrons. The van der Waals surface area contributed by atoms with Gasteiger partial charge >= 0.3 is 17.9 Å². The second kappa shape index (κ2) is 26.8. The molecule has 0 aromatic carbocycles. The van der Waals surface area contributed by atoms with Gasteiger partial charge in [-0.25, -0.2) is 14.4 Å². The maximum Gasteiger partial charge on any atom is 0.327 e. The summed E-state index contributed by atoms with van der Waals surface area (Å²) in [6.45, 7) is 15.0. The normalized spacial score (nSPS) is 10.7. The summed E-state index contributed by atoms with van der Waals surface area (Å²) < 4.78 is 0. The Morgan fingerprint density at radius 2 is 0.912 bits per heavy atom. The van der Waals surface area contributed by atoms with Gasteiger partial charge in [0, 0.05) is 23.6 Å². The molecule has 0 bridgehead atoms. The molecular formula is C25H46O9. The van der Waals surface area contributed by atoms with Crippen molar-refractivity contribution in [2.24, 2.45) is 17.3 Å². The van der Waals surface area contributed by atoms with E-state index in [1.807, 2.05) is 6.92 Å². The van der Waals surface area contributed by atoms with E-state index in [0.29, 0.717) is 0 Å². The summed E-state index contributed by atoms with van der Waals surface area (Å²) in [5.74, 6) is -1.98. The maximum absolute atomic E-state index is 9.35. The van der Waals surface area contributed by atoms with E-state index in [1.165, 1.54) is 32.1 Å². The average molecular weight is 491 g/mol. The van der Waals surface area contributed by atoms with E-state index in [4.69, 9.17) is 15.3 Å². The van der Waals surface area contributed by atoms with Gasteiger partial charge in [-0.05, 0) is 18.3 Å². The Bertz CT molecular complexity index is 502. The van der Waals surface area contributed by atoms with E-state index in [1.54, 1.807) is 0 Å². The number of hydrogen-bond acceptors (Lipinski definition) is 6. The third kappa shape index (κ3) is 29.5. The Morgan fingerprint density at radius 1 is 0.647 bits per heavy atom. The molecule has 0 aliphatic heterocycles. The van der Waals surface area contributed by atoms with Crippen LogP contribution in [0.4, 0.5) is 0 Å². The van der Waals surface area contributed by atoms with Crippen molar-refractivity contribution in [1.29, 1.82) is 0 Å². The van der Waals surface area contributed by atoms with Gasteiger partial charge in [0.25, 0.3) is 0 Å². The van der Waals surface area contributed by atoms with Crippen LogP contribution in [0.15, 0.2) is 38.0 Å². The zero-order valence-electron chi connectivity index (χ0n) is 21.0. The first kappa shape index (κ1) is 38.8. The molecule has 0 aromatic heterocycles. The van der Waals surface area contributed by atoms with E-state index < -0.39 is 23.3 Å². The SMILES string of the molecule is C=CC(=O)O.C=CC(=O)O.C=CC(=O)O.CC(C)CCCCCCCC(C)C(CO)(CO)CO. The Morgan fingerprint density at radius 3 is 1.15 bits per heavy atom. The molecule has 1 atom stereocenters. The molecule has 0 aliphatic rings. The van der Waals surface area contributed by atoms with Gasteiger partial charge in [-0.2, -0.15) is 0 Å². The molecule has 0 saturated carbocycles. The van der Waals surface area contributed by atoms with Gasteiger partial charge in [-0.15, -0.1) is 0 Å². The van der Waals surface area contributed by atoms with Crippen LogP contribution >= 0.6 is 0 Å². The molecule has 9 nitrogen and oxygen atoms in total. The van der Waals surface area contributed by atoms with Crippen LogP contribution in [-0.2, 0) is 14.4 Å². The molecule has 6 N–H and O–H groups in total. The van der Waals surface area contributed by atoms with Crippen LogP contribution in [0.25, 0.3) is 0 Å². The smallest absolute Gasteiger partial charge is 0.327 e. The summed E-state index contributed by atoms with van der Waals surface area (Å²) in [6.07, 6.45) is 11.0. The molecule has 0 saturated heterocycles. The highest BCUT2D eigenvalue weighted by Crippen LogP contribution is 2.30. The molecule has 0 heterocycles. The molecule has 0 amide bonds. The molecule has 0 aromatic rings. The fourth-order valence-electron chi connectivity index (χ4n) is 2.46. The minimum Gasteiger partial charge on any atom is -0.478 e. The van der Waals surface area contributed by atoms with E-state index in [0.717, 1.165) is 37.0 Å². The number of aliphatic carboxylic acids is 3. The lowest BCUT2D eigenvalue weighted by molar-refractivity contribution is -0.132. The maximum atomic E-state index is 9.35. The largest absolute Gasteiger partial charge is 0.478 e. The van der Waals surface area contributed by atoms with Crippen molar-refractivity contribution < 1.29 is 45.0 Å². The van der Waals surface area contributed by atoms with Crippen molar-refractivity contribution >= 4 is 17.9 Å². The van der Waals surface area contributed by atoms with Gasteiger partial charge in [0.2, 0.25) is 0 Å². The van der Waals surface area contributed by atoms with Gasteiger partial charge in [0.15, 0.2) is 0 Å². The number of aliphatic hydroxyl groups is 3. The summed E-state index contributed by atoms with van der Waals surface area (Å²) in [6, 6.07) is 0. The van der Waals surface area contributed by atoms with Gasteiger partial charge < -0.3 is 30.6 Å². The molecule has 0 spiro atoms. The van der Waals surface area contributed by atoms with Gasteiger partial charge in [0.05, 0.1) is 19.8 Å². The summed E-state index contributed by atoms with van der Waals surface area (Å²) in [4.78, 5) is 27.8.